The van der Waals surface area contributed by atoms with Gasteiger partial charge in [-0.2, -0.15) is 13.2 Å². The molecule has 0 bridgehead atoms. The summed E-state index contributed by atoms with van der Waals surface area (Å²) in [5.41, 5.74) is -1.35. The molecule has 0 aromatic carbocycles. The molecular formula is C19H15Cl2F3N6O4S2. The zero-order valence-electron chi connectivity index (χ0n) is 18.2. The Labute approximate surface area is 216 Å². The van der Waals surface area contributed by atoms with Gasteiger partial charge in [0, 0.05) is 18.5 Å². The molecule has 3 aromatic rings. The number of amides is 1. The quantitative estimate of drug-likeness (QED) is 0.365. The summed E-state index contributed by atoms with van der Waals surface area (Å²) < 4.78 is 64.0. The highest BCUT2D eigenvalue weighted by Gasteiger charge is 2.34. The zero-order valence-corrected chi connectivity index (χ0v) is 21.4. The predicted molar refractivity (Wildman–Crippen MR) is 127 cm³/mol. The Balaban J connectivity index is 1.71. The number of aromatic nitrogens is 4. The van der Waals surface area contributed by atoms with Gasteiger partial charge in [0.05, 0.1) is 28.0 Å². The van der Waals surface area contributed by atoms with Gasteiger partial charge in [0.1, 0.15) is 27.7 Å². The first-order valence-corrected chi connectivity index (χ1v) is 13.1. The number of nitrogens with zero attached hydrogens (tertiary/aromatic N) is 4. The lowest BCUT2D eigenvalue weighted by Gasteiger charge is -2.11. The van der Waals surface area contributed by atoms with E-state index < -0.39 is 44.4 Å². The predicted octanol–water partition coefficient (Wildman–Crippen LogP) is 4.65. The van der Waals surface area contributed by atoms with E-state index in [1.165, 1.54) is 6.20 Å². The number of hydrogen-bond acceptors (Lipinski definition) is 9. The molecule has 0 aliphatic carbocycles. The number of sulfonamides is 1. The van der Waals surface area contributed by atoms with Crippen LogP contribution in [0.5, 0.6) is 0 Å². The van der Waals surface area contributed by atoms with Gasteiger partial charge in [0.15, 0.2) is 11.6 Å². The van der Waals surface area contributed by atoms with Crippen molar-refractivity contribution in [1.82, 2.24) is 19.9 Å². The van der Waals surface area contributed by atoms with Crippen molar-refractivity contribution in [2.75, 3.05) is 16.3 Å². The average molecular weight is 583 g/mol. The normalized spacial score (nSPS) is 12.8. The molecule has 0 spiro atoms. The number of carbonyl (C=O) groups excluding carboxylic acids is 2. The highest BCUT2D eigenvalue weighted by Crippen LogP contribution is 2.35. The van der Waals surface area contributed by atoms with Crippen molar-refractivity contribution in [3.8, 4) is 0 Å². The number of halogens is 5. The molecule has 192 valence electrons. The Bertz CT molecular complexity index is 1430. The van der Waals surface area contributed by atoms with E-state index in [9.17, 15) is 31.2 Å². The molecule has 0 aliphatic heterocycles. The molecule has 3 aromatic heterocycles. The van der Waals surface area contributed by atoms with Gasteiger partial charge in [0.2, 0.25) is 10.0 Å². The minimum absolute atomic E-state index is 0.0642. The molecule has 10 nitrogen and oxygen atoms in total. The topological polar surface area (TPSA) is 144 Å². The molecule has 3 rings (SSSR count). The molecule has 1 atom stereocenters. The molecule has 36 heavy (non-hydrogen) atoms. The molecule has 0 aliphatic rings. The van der Waals surface area contributed by atoms with Crippen molar-refractivity contribution in [2.45, 2.75) is 25.4 Å². The Morgan fingerprint density at radius 3 is 2.47 bits per heavy atom. The van der Waals surface area contributed by atoms with Crippen molar-refractivity contribution >= 4 is 67.9 Å². The number of Topliss-reactive ketones (excluding diaryl/α,β-unsaturated/α-hetero) is 1. The highest BCUT2D eigenvalue weighted by molar-refractivity contribution is 7.92. The fraction of sp³-hybridized carbons (Fsp3) is 0.263. The maximum absolute atomic E-state index is 13.0. The van der Waals surface area contributed by atoms with E-state index in [1.54, 1.807) is 6.92 Å². The Hall–Kier alpha value is -2.88. The SMILES string of the molecule is CC(CC(=O)c1ncnc(NS(C)(=O)=O)c1Cl)c1ncc(C(=O)Nc2cc(C(F)(F)F)c(Cl)cn2)s1. The molecule has 0 radical (unpaired) electrons. The van der Waals surface area contributed by atoms with E-state index in [0.717, 1.165) is 30.1 Å². The summed E-state index contributed by atoms with van der Waals surface area (Å²) >= 11 is 12.5. The second-order valence-electron chi connectivity index (χ2n) is 7.35. The van der Waals surface area contributed by atoms with Gasteiger partial charge in [-0.05, 0) is 6.07 Å². The van der Waals surface area contributed by atoms with E-state index in [-0.39, 0.29) is 33.7 Å². The largest absolute Gasteiger partial charge is 0.418 e. The Kier molecular flexibility index (Phi) is 8.17. The fourth-order valence-corrected chi connectivity index (χ4v) is 4.68. The van der Waals surface area contributed by atoms with E-state index in [1.807, 2.05) is 0 Å². The van der Waals surface area contributed by atoms with Crippen LogP contribution in [0.4, 0.5) is 24.8 Å². The highest BCUT2D eigenvalue weighted by atomic mass is 35.5. The van der Waals surface area contributed by atoms with E-state index >= 15 is 0 Å². The molecule has 0 saturated carbocycles. The maximum Gasteiger partial charge on any atom is 0.418 e. The summed E-state index contributed by atoms with van der Waals surface area (Å²) in [6.45, 7) is 1.65. The summed E-state index contributed by atoms with van der Waals surface area (Å²) in [6, 6.07) is 0.613. The minimum atomic E-state index is -4.73. The Morgan fingerprint density at radius 2 is 1.83 bits per heavy atom. The van der Waals surface area contributed by atoms with Crippen LogP contribution in [0, 0.1) is 0 Å². The van der Waals surface area contributed by atoms with Gasteiger partial charge < -0.3 is 5.32 Å². The number of pyridine rings is 1. The van der Waals surface area contributed by atoms with Crippen LogP contribution < -0.4 is 10.0 Å². The monoisotopic (exact) mass is 582 g/mol. The molecule has 1 amide bonds. The molecule has 0 fully saturated rings. The van der Waals surface area contributed by atoms with E-state index in [4.69, 9.17) is 23.2 Å². The van der Waals surface area contributed by atoms with Crippen molar-refractivity contribution < 1.29 is 31.2 Å². The third kappa shape index (κ3) is 6.87. The van der Waals surface area contributed by atoms with Gasteiger partial charge in [-0.25, -0.2) is 28.4 Å². The van der Waals surface area contributed by atoms with Crippen LogP contribution in [0.1, 0.15) is 50.0 Å². The Morgan fingerprint density at radius 1 is 1.14 bits per heavy atom. The second kappa shape index (κ2) is 10.6. The van der Waals surface area contributed by atoms with Gasteiger partial charge >= 0.3 is 6.18 Å². The van der Waals surface area contributed by atoms with Gasteiger partial charge in [-0.1, -0.05) is 30.1 Å². The smallest absolute Gasteiger partial charge is 0.306 e. The minimum Gasteiger partial charge on any atom is -0.306 e. The first-order valence-electron chi connectivity index (χ1n) is 9.67. The second-order valence-corrected chi connectivity index (χ2v) is 10.9. The summed E-state index contributed by atoms with van der Waals surface area (Å²) in [7, 11) is -3.70. The van der Waals surface area contributed by atoms with Crippen molar-refractivity contribution in [3.05, 3.63) is 56.0 Å². The number of carbonyl (C=O) groups is 2. The molecule has 2 N–H and O–H groups in total. The lowest BCUT2D eigenvalue weighted by Crippen LogP contribution is -2.14. The number of nitrogens with one attached hydrogen (secondary N) is 2. The molecule has 0 saturated heterocycles. The number of thiazole rings is 1. The molecule has 17 heteroatoms. The van der Waals surface area contributed by atoms with E-state index in [0.29, 0.717) is 11.1 Å². The number of ketones is 1. The molecule has 3 heterocycles. The standard InChI is InChI=1S/C19H15Cl2F3N6O4S2/c1-8(3-11(31)15-14(21)16(28-7-27-15)30-36(2,33)34)18-26-6-12(35-18)17(32)29-13-4-9(19(22,23)24)10(20)5-25-13/h4-8H,3H2,1-2H3,(H,25,29,32)(H,27,28,30). The maximum atomic E-state index is 13.0. The lowest BCUT2D eigenvalue weighted by atomic mass is 10.0. The van der Waals surface area contributed by atoms with Crippen molar-refractivity contribution in [1.29, 1.82) is 0 Å². The number of hydrogen-bond donors (Lipinski definition) is 2. The molecule has 1 unspecified atom stereocenters. The third-order valence-electron chi connectivity index (χ3n) is 4.40. The third-order valence-corrected chi connectivity index (χ3v) is 6.85. The van der Waals surface area contributed by atoms with Crippen molar-refractivity contribution in [3.63, 3.8) is 0 Å². The van der Waals surface area contributed by atoms with Gasteiger partial charge in [-0.3, -0.25) is 14.3 Å². The lowest BCUT2D eigenvalue weighted by molar-refractivity contribution is -0.137. The first-order chi connectivity index (χ1) is 16.7. The van der Waals surface area contributed by atoms with Crippen LogP contribution in [-0.2, 0) is 16.2 Å². The van der Waals surface area contributed by atoms with Crippen LogP contribution in [0.15, 0.2) is 24.8 Å². The zero-order chi connectivity index (χ0) is 26.8. The summed E-state index contributed by atoms with van der Waals surface area (Å²) in [5, 5.41) is 1.76. The van der Waals surface area contributed by atoms with Crippen LogP contribution in [0.25, 0.3) is 0 Å². The van der Waals surface area contributed by atoms with Gasteiger partial charge in [0.25, 0.3) is 5.91 Å². The van der Waals surface area contributed by atoms with Gasteiger partial charge in [-0.15, -0.1) is 11.3 Å². The number of rotatable bonds is 8. The fourth-order valence-electron chi connectivity index (χ4n) is 2.80. The van der Waals surface area contributed by atoms with Crippen LogP contribution in [-0.4, -0.2) is 46.3 Å². The van der Waals surface area contributed by atoms with Crippen molar-refractivity contribution in [2.24, 2.45) is 0 Å². The average Bonchev–Trinajstić information content (AvgIpc) is 3.25. The molecular weight excluding hydrogens is 568 g/mol. The van der Waals surface area contributed by atoms with Crippen LogP contribution in [0.3, 0.4) is 0 Å². The summed E-state index contributed by atoms with van der Waals surface area (Å²) in [4.78, 5) is 40.6. The first kappa shape index (κ1) is 27.7. The van der Waals surface area contributed by atoms with E-state index in [2.05, 4.69) is 30.0 Å². The van der Waals surface area contributed by atoms with Crippen LogP contribution >= 0.6 is 34.5 Å². The summed E-state index contributed by atoms with van der Waals surface area (Å²) in [6.07, 6.45) is -1.00. The number of anilines is 2. The van der Waals surface area contributed by atoms with Crippen LogP contribution in [0.2, 0.25) is 10.0 Å². The summed E-state index contributed by atoms with van der Waals surface area (Å²) in [5.74, 6) is -2.39. The number of alkyl halides is 3.